The summed E-state index contributed by atoms with van der Waals surface area (Å²) < 4.78 is 7.13. The highest BCUT2D eigenvalue weighted by molar-refractivity contribution is 6.35. The van der Waals surface area contributed by atoms with Crippen LogP contribution in [0, 0.1) is 0 Å². The molecule has 126 valence electrons. The molecule has 1 aliphatic heterocycles. The van der Waals surface area contributed by atoms with Gasteiger partial charge in [-0.3, -0.25) is 4.79 Å². The van der Waals surface area contributed by atoms with Gasteiger partial charge in [0.2, 0.25) is 0 Å². The van der Waals surface area contributed by atoms with Crippen LogP contribution in [0.25, 0.3) is 5.69 Å². The second-order valence-corrected chi connectivity index (χ2v) is 6.97. The zero-order valence-corrected chi connectivity index (χ0v) is 14.6. The number of halogens is 2. The summed E-state index contributed by atoms with van der Waals surface area (Å²) in [7, 11) is 0. The lowest BCUT2D eigenvalue weighted by Crippen LogP contribution is -2.40. The molecule has 1 aromatic carbocycles. The minimum absolute atomic E-state index is 0.0246. The normalized spacial score (nSPS) is 18.0. The maximum Gasteiger partial charge on any atom is 0.257 e. The Morgan fingerprint density at radius 1 is 1.21 bits per heavy atom. The van der Waals surface area contributed by atoms with Crippen molar-refractivity contribution in [3.05, 3.63) is 45.7 Å². The van der Waals surface area contributed by atoms with E-state index in [4.69, 9.17) is 27.9 Å². The predicted octanol–water partition coefficient (Wildman–Crippen LogP) is 3.53. The molecule has 0 spiro atoms. The quantitative estimate of drug-likeness (QED) is 0.835. The van der Waals surface area contributed by atoms with Crippen molar-refractivity contribution in [3.8, 4) is 5.69 Å². The third kappa shape index (κ3) is 2.92. The highest BCUT2D eigenvalue weighted by atomic mass is 35.5. The Morgan fingerprint density at radius 3 is 2.62 bits per heavy atom. The Morgan fingerprint density at radius 2 is 1.96 bits per heavy atom. The first-order valence-corrected chi connectivity index (χ1v) is 8.81. The second kappa shape index (κ2) is 6.39. The lowest BCUT2D eigenvalue weighted by Gasteiger charge is -2.26. The van der Waals surface area contributed by atoms with Crippen LogP contribution in [0.2, 0.25) is 10.0 Å². The Hall–Kier alpha value is -1.56. The Kier molecular flexibility index (Phi) is 4.24. The molecule has 1 aromatic heterocycles. The van der Waals surface area contributed by atoms with Crippen molar-refractivity contribution in [2.24, 2.45) is 0 Å². The Bertz CT molecular complexity index is 780. The first kappa shape index (κ1) is 15.9. The van der Waals surface area contributed by atoms with Crippen molar-refractivity contribution < 1.29 is 9.53 Å². The summed E-state index contributed by atoms with van der Waals surface area (Å²) in [6.45, 7) is 2.41. The molecule has 7 heteroatoms. The Balaban J connectivity index is 1.74. The standard InChI is InChI=1S/C17H17Cl2N3O2/c18-12-3-4-15(14(19)9-12)22-16(11-1-2-11)13(10-20-22)17(23)21-5-7-24-8-6-21/h3-4,9-11H,1-2,5-8H2. The van der Waals surface area contributed by atoms with Crippen LogP contribution in [0.4, 0.5) is 0 Å². The van der Waals surface area contributed by atoms with Crippen LogP contribution in [-0.4, -0.2) is 46.9 Å². The molecule has 5 nitrogen and oxygen atoms in total. The van der Waals surface area contributed by atoms with Gasteiger partial charge in [-0.1, -0.05) is 23.2 Å². The summed E-state index contributed by atoms with van der Waals surface area (Å²) in [5.74, 6) is 0.385. The Labute approximate surface area is 150 Å². The van der Waals surface area contributed by atoms with Crippen LogP contribution in [0.3, 0.4) is 0 Å². The summed E-state index contributed by atoms with van der Waals surface area (Å²) in [5, 5.41) is 5.57. The molecule has 0 atom stereocenters. The third-order valence-corrected chi connectivity index (χ3v) is 4.97. The van der Waals surface area contributed by atoms with Gasteiger partial charge in [0.1, 0.15) is 0 Å². The topological polar surface area (TPSA) is 47.4 Å². The number of carbonyl (C=O) groups excluding carboxylic acids is 1. The maximum atomic E-state index is 12.9. The van der Waals surface area contributed by atoms with E-state index in [0.29, 0.717) is 47.8 Å². The first-order chi connectivity index (χ1) is 11.6. The monoisotopic (exact) mass is 365 g/mol. The van der Waals surface area contributed by atoms with Gasteiger partial charge in [-0.15, -0.1) is 0 Å². The zero-order valence-electron chi connectivity index (χ0n) is 13.0. The third-order valence-electron chi connectivity index (χ3n) is 4.44. The van der Waals surface area contributed by atoms with Gasteiger partial charge in [-0.25, -0.2) is 4.68 Å². The smallest absolute Gasteiger partial charge is 0.257 e. The lowest BCUT2D eigenvalue weighted by molar-refractivity contribution is 0.0302. The van der Waals surface area contributed by atoms with Gasteiger partial charge in [0, 0.05) is 24.0 Å². The number of carbonyl (C=O) groups is 1. The summed E-state index contributed by atoms with van der Waals surface area (Å²) in [5.41, 5.74) is 2.38. The summed E-state index contributed by atoms with van der Waals surface area (Å²) in [6, 6.07) is 5.32. The van der Waals surface area contributed by atoms with E-state index in [0.717, 1.165) is 24.2 Å². The summed E-state index contributed by atoms with van der Waals surface area (Å²) in [4.78, 5) is 14.7. The fourth-order valence-corrected chi connectivity index (χ4v) is 3.54. The van der Waals surface area contributed by atoms with Crippen molar-refractivity contribution in [1.82, 2.24) is 14.7 Å². The van der Waals surface area contributed by atoms with Crippen molar-refractivity contribution in [1.29, 1.82) is 0 Å². The predicted molar refractivity (Wildman–Crippen MR) is 92.3 cm³/mol. The minimum Gasteiger partial charge on any atom is -0.378 e. The van der Waals surface area contributed by atoms with Crippen LogP contribution in [0.1, 0.15) is 34.8 Å². The molecule has 1 amide bonds. The van der Waals surface area contributed by atoms with Crippen molar-refractivity contribution in [3.63, 3.8) is 0 Å². The van der Waals surface area contributed by atoms with Crippen LogP contribution >= 0.6 is 23.2 Å². The van der Waals surface area contributed by atoms with E-state index < -0.39 is 0 Å². The molecule has 1 aliphatic carbocycles. The van der Waals surface area contributed by atoms with Gasteiger partial charge in [-0.2, -0.15) is 5.10 Å². The largest absolute Gasteiger partial charge is 0.378 e. The summed E-state index contributed by atoms with van der Waals surface area (Å²) >= 11 is 12.3. The second-order valence-electron chi connectivity index (χ2n) is 6.13. The number of aromatic nitrogens is 2. The molecule has 2 aromatic rings. The molecular formula is C17H17Cl2N3O2. The molecular weight excluding hydrogens is 349 g/mol. The van der Waals surface area contributed by atoms with Gasteiger partial charge in [-0.05, 0) is 31.0 Å². The van der Waals surface area contributed by atoms with Crippen LogP contribution in [-0.2, 0) is 4.74 Å². The number of ether oxygens (including phenoxy) is 1. The van der Waals surface area contributed by atoms with Crippen molar-refractivity contribution in [2.75, 3.05) is 26.3 Å². The zero-order chi connectivity index (χ0) is 16.7. The molecule has 4 rings (SSSR count). The highest BCUT2D eigenvalue weighted by Gasteiger charge is 2.34. The minimum atomic E-state index is 0.0246. The fraction of sp³-hybridized carbons (Fsp3) is 0.412. The average molecular weight is 366 g/mol. The molecule has 1 saturated carbocycles. The number of rotatable bonds is 3. The van der Waals surface area contributed by atoms with E-state index in [2.05, 4.69) is 5.10 Å². The molecule has 0 bridgehead atoms. The van der Waals surface area contributed by atoms with Gasteiger partial charge in [0.25, 0.3) is 5.91 Å². The number of amides is 1. The van der Waals surface area contributed by atoms with E-state index in [1.165, 1.54) is 0 Å². The van der Waals surface area contributed by atoms with E-state index in [1.807, 2.05) is 11.0 Å². The molecule has 0 N–H and O–H groups in total. The SMILES string of the molecule is O=C(c1cnn(-c2ccc(Cl)cc2Cl)c1C1CC1)N1CCOCC1. The number of hydrogen-bond donors (Lipinski definition) is 0. The fourth-order valence-electron chi connectivity index (χ4n) is 3.05. The summed E-state index contributed by atoms with van der Waals surface area (Å²) in [6.07, 6.45) is 3.80. The molecule has 0 radical (unpaired) electrons. The van der Waals surface area contributed by atoms with E-state index in [1.54, 1.807) is 23.0 Å². The number of nitrogens with zero attached hydrogens (tertiary/aromatic N) is 3. The maximum absolute atomic E-state index is 12.9. The number of benzene rings is 1. The first-order valence-electron chi connectivity index (χ1n) is 8.05. The van der Waals surface area contributed by atoms with Gasteiger partial charge >= 0.3 is 0 Å². The molecule has 24 heavy (non-hydrogen) atoms. The molecule has 2 heterocycles. The van der Waals surface area contributed by atoms with E-state index >= 15 is 0 Å². The average Bonchev–Trinajstić information content (AvgIpc) is 3.34. The van der Waals surface area contributed by atoms with Gasteiger partial charge < -0.3 is 9.64 Å². The molecule has 2 aliphatic rings. The lowest BCUT2D eigenvalue weighted by atomic mass is 10.1. The molecule has 2 fully saturated rings. The highest BCUT2D eigenvalue weighted by Crippen LogP contribution is 2.43. The number of morpholine rings is 1. The van der Waals surface area contributed by atoms with Crippen LogP contribution in [0.15, 0.2) is 24.4 Å². The molecule has 1 saturated heterocycles. The van der Waals surface area contributed by atoms with E-state index in [-0.39, 0.29) is 5.91 Å². The van der Waals surface area contributed by atoms with Crippen molar-refractivity contribution >= 4 is 29.1 Å². The van der Waals surface area contributed by atoms with E-state index in [9.17, 15) is 4.79 Å². The van der Waals surface area contributed by atoms with Crippen molar-refractivity contribution in [2.45, 2.75) is 18.8 Å². The number of hydrogen-bond acceptors (Lipinski definition) is 3. The molecule has 0 unspecified atom stereocenters. The van der Waals surface area contributed by atoms with Gasteiger partial charge in [0.15, 0.2) is 0 Å². The van der Waals surface area contributed by atoms with Crippen LogP contribution < -0.4 is 0 Å². The van der Waals surface area contributed by atoms with Gasteiger partial charge in [0.05, 0.1) is 41.4 Å². The van der Waals surface area contributed by atoms with Crippen LogP contribution in [0.5, 0.6) is 0 Å².